The van der Waals surface area contributed by atoms with E-state index < -0.39 is 17.7 Å². The number of likely N-dealkylation sites (N-methyl/N-ethyl adjacent to an activating group) is 1. The molecule has 0 spiro atoms. The molecule has 0 unspecified atom stereocenters. The lowest BCUT2D eigenvalue weighted by Crippen LogP contribution is -2.55. The summed E-state index contributed by atoms with van der Waals surface area (Å²) in [5.74, 6) is -0.0584. The van der Waals surface area contributed by atoms with Crippen molar-refractivity contribution in [1.82, 2.24) is 19.7 Å². The SMILES string of the molecule is CN1CCN(C(=O)[C@H](Cc2cn(C)c3ccccc23)NC(=O)OC(C)(C)C)CC1. The number of nitrogens with zero attached hydrogens (tertiary/aromatic N) is 3. The van der Waals surface area contributed by atoms with Gasteiger partial charge in [0.15, 0.2) is 0 Å². The van der Waals surface area contributed by atoms with E-state index in [-0.39, 0.29) is 5.91 Å². The van der Waals surface area contributed by atoms with Crippen molar-refractivity contribution >= 4 is 22.9 Å². The average Bonchev–Trinajstić information content (AvgIpc) is 2.96. The number of carbonyl (C=O) groups is 2. The van der Waals surface area contributed by atoms with Gasteiger partial charge in [0.2, 0.25) is 5.91 Å². The maximum Gasteiger partial charge on any atom is 0.408 e. The fourth-order valence-electron chi connectivity index (χ4n) is 3.71. The quantitative estimate of drug-likeness (QED) is 0.856. The van der Waals surface area contributed by atoms with Crippen LogP contribution in [0.2, 0.25) is 0 Å². The number of aromatic nitrogens is 1. The summed E-state index contributed by atoms with van der Waals surface area (Å²) in [6.45, 7) is 8.44. The molecule has 0 radical (unpaired) electrons. The molecule has 2 heterocycles. The lowest BCUT2D eigenvalue weighted by atomic mass is 10.0. The number of amides is 2. The van der Waals surface area contributed by atoms with Gasteiger partial charge in [-0.05, 0) is 39.4 Å². The van der Waals surface area contributed by atoms with Crippen molar-refractivity contribution in [3.8, 4) is 0 Å². The van der Waals surface area contributed by atoms with Gasteiger partial charge >= 0.3 is 6.09 Å². The predicted molar refractivity (Wildman–Crippen MR) is 114 cm³/mol. The minimum atomic E-state index is -0.668. The number of fused-ring (bicyclic) bond motifs is 1. The summed E-state index contributed by atoms with van der Waals surface area (Å²) < 4.78 is 7.47. The van der Waals surface area contributed by atoms with Crippen molar-refractivity contribution in [3.63, 3.8) is 0 Å². The minimum absolute atomic E-state index is 0.0584. The third-order valence-electron chi connectivity index (χ3n) is 5.21. The standard InChI is InChI=1S/C22H32N4O3/c1-22(2,3)29-21(28)23-18(20(27)26-12-10-24(4)11-13-26)14-16-15-25(5)19-9-7-6-8-17(16)19/h6-9,15,18H,10-14H2,1-5H3,(H,23,28)/t18-/m0/s1. The van der Waals surface area contributed by atoms with Gasteiger partial charge in [-0.15, -0.1) is 0 Å². The van der Waals surface area contributed by atoms with Crippen LogP contribution in [0.15, 0.2) is 30.5 Å². The van der Waals surface area contributed by atoms with Crippen LogP contribution >= 0.6 is 0 Å². The summed E-state index contributed by atoms with van der Waals surface area (Å²) in [4.78, 5) is 29.8. The van der Waals surface area contributed by atoms with E-state index >= 15 is 0 Å². The molecule has 7 nitrogen and oxygen atoms in total. The van der Waals surface area contributed by atoms with Gasteiger partial charge in [-0.1, -0.05) is 18.2 Å². The summed E-state index contributed by atoms with van der Waals surface area (Å²) in [5.41, 5.74) is 1.52. The van der Waals surface area contributed by atoms with Gasteiger partial charge in [0.1, 0.15) is 11.6 Å². The number of piperazine rings is 1. The zero-order valence-electron chi connectivity index (χ0n) is 18.1. The molecule has 1 saturated heterocycles. The highest BCUT2D eigenvalue weighted by molar-refractivity contribution is 5.88. The van der Waals surface area contributed by atoms with E-state index in [0.717, 1.165) is 29.6 Å². The average molecular weight is 401 g/mol. The van der Waals surface area contributed by atoms with Crippen molar-refractivity contribution in [2.24, 2.45) is 7.05 Å². The summed E-state index contributed by atoms with van der Waals surface area (Å²) >= 11 is 0. The molecule has 1 atom stereocenters. The first-order chi connectivity index (χ1) is 13.6. The Labute approximate surface area is 172 Å². The maximum atomic E-state index is 13.3. The Morgan fingerprint density at radius 2 is 1.76 bits per heavy atom. The highest BCUT2D eigenvalue weighted by atomic mass is 16.6. The maximum absolute atomic E-state index is 13.3. The molecule has 3 rings (SSSR count). The largest absolute Gasteiger partial charge is 0.444 e. The minimum Gasteiger partial charge on any atom is -0.444 e. The van der Waals surface area contributed by atoms with Crippen LogP contribution in [0.5, 0.6) is 0 Å². The molecule has 158 valence electrons. The number of alkyl carbamates (subject to hydrolysis) is 1. The third-order valence-corrected chi connectivity index (χ3v) is 5.21. The molecule has 1 fully saturated rings. The molecule has 1 N–H and O–H groups in total. The van der Waals surface area contributed by atoms with Crippen molar-refractivity contribution < 1.29 is 14.3 Å². The number of hydrogen-bond acceptors (Lipinski definition) is 4. The van der Waals surface area contributed by atoms with Gasteiger partial charge in [-0.2, -0.15) is 0 Å². The number of nitrogens with one attached hydrogen (secondary N) is 1. The number of aryl methyl sites for hydroxylation is 1. The first kappa shape index (κ1) is 21.2. The Kier molecular flexibility index (Phi) is 6.17. The van der Waals surface area contributed by atoms with Gasteiger partial charge in [0.25, 0.3) is 0 Å². The first-order valence-electron chi connectivity index (χ1n) is 10.1. The van der Waals surface area contributed by atoms with Gasteiger partial charge in [-0.25, -0.2) is 4.79 Å². The smallest absolute Gasteiger partial charge is 0.408 e. The van der Waals surface area contributed by atoms with Gasteiger partial charge in [0, 0.05) is 56.7 Å². The molecular weight excluding hydrogens is 368 g/mol. The Balaban J connectivity index is 1.83. The molecule has 0 bridgehead atoms. The second-order valence-electron chi connectivity index (χ2n) is 8.81. The molecule has 0 aliphatic carbocycles. The second kappa shape index (κ2) is 8.45. The van der Waals surface area contributed by atoms with Crippen LogP contribution < -0.4 is 5.32 Å². The van der Waals surface area contributed by atoms with Crippen LogP contribution in [-0.2, 0) is 23.0 Å². The zero-order valence-corrected chi connectivity index (χ0v) is 18.1. The van der Waals surface area contributed by atoms with E-state index in [1.165, 1.54) is 0 Å². The van der Waals surface area contributed by atoms with E-state index in [1.54, 1.807) is 0 Å². The molecule has 1 aromatic heterocycles. The predicted octanol–water partition coefficient (Wildman–Crippen LogP) is 2.39. The number of rotatable bonds is 4. The number of benzene rings is 1. The zero-order chi connectivity index (χ0) is 21.2. The summed E-state index contributed by atoms with van der Waals surface area (Å²) in [6, 6.07) is 7.43. The van der Waals surface area contributed by atoms with Crippen LogP contribution in [0, 0.1) is 0 Å². The molecule has 0 saturated carbocycles. The van der Waals surface area contributed by atoms with Crippen molar-refractivity contribution in [1.29, 1.82) is 0 Å². The van der Waals surface area contributed by atoms with E-state index in [2.05, 4.69) is 26.9 Å². The fraction of sp³-hybridized carbons (Fsp3) is 0.545. The Bertz CT molecular complexity index is 876. The fourth-order valence-corrected chi connectivity index (χ4v) is 3.71. The Morgan fingerprint density at radius 1 is 1.10 bits per heavy atom. The van der Waals surface area contributed by atoms with Crippen molar-refractivity contribution in [3.05, 3.63) is 36.0 Å². The second-order valence-corrected chi connectivity index (χ2v) is 8.81. The van der Waals surface area contributed by atoms with Crippen molar-refractivity contribution in [2.45, 2.75) is 38.8 Å². The van der Waals surface area contributed by atoms with E-state index in [9.17, 15) is 9.59 Å². The topological polar surface area (TPSA) is 66.8 Å². The van der Waals surface area contributed by atoms with Crippen LogP contribution in [0.3, 0.4) is 0 Å². The summed E-state index contributed by atoms with van der Waals surface area (Å²) in [6.07, 6.45) is 1.89. The van der Waals surface area contributed by atoms with Crippen LogP contribution in [-0.4, -0.2) is 71.2 Å². The van der Waals surface area contributed by atoms with E-state index in [1.807, 2.05) is 58.1 Å². The van der Waals surface area contributed by atoms with Crippen LogP contribution in [0.25, 0.3) is 10.9 Å². The summed E-state index contributed by atoms with van der Waals surface area (Å²) in [7, 11) is 4.04. The molecule has 1 aliphatic rings. The lowest BCUT2D eigenvalue weighted by molar-refractivity contribution is -0.135. The Morgan fingerprint density at radius 3 is 2.41 bits per heavy atom. The van der Waals surface area contributed by atoms with Crippen LogP contribution in [0.1, 0.15) is 26.3 Å². The van der Waals surface area contributed by atoms with Gasteiger partial charge in [0.05, 0.1) is 0 Å². The molecule has 1 aliphatic heterocycles. The number of carbonyl (C=O) groups excluding carboxylic acids is 2. The van der Waals surface area contributed by atoms with Crippen molar-refractivity contribution in [2.75, 3.05) is 33.2 Å². The molecule has 1 aromatic carbocycles. The third kappa shape index (κ3) is 5.29. The monoisotopic (exact) mass is 400 g/mol. The first-order valence-corrected chi connectivity index (χ1v) is 10.1. The number of ether oxygens (including phenoxy) is 1. The Hall–Kier alpha value is -2.54. The van der Waals surface area contributed by atoms with E-state index in [0.29, 0.717) is 19.5 Å². The normalized spacial score (nSPS) is 16.7. The van der Waals surface area contributed by atoms with E-state index in [4.69, 9.17) is 4.74 Å². The van der Waals surface area contributed by atoms with Crippen LogP contribution in [0.4, 0.5) is 4.79 Å². The molecule has 2 amide bonds. The van der Waals surface area contributed by atoms with Gasteiger partial charge < -0.3 is 24.4 Å². The molecule has 2 aromatic rings. The molecule has 29 heavy (non-hydrogen) atoms. The highest BCUT2D eigenvalue weighted by Crippen LogP contribution is 2.22. The number of hydrogen-bond donors (Lipinski definition) is 1. The lowest BCUT2D eigenvalue weighted by Gasteiger charge is -2.35. The number of para-hydroxylation sites is 1. The van der Waals surface area contributed by atoms with Gasteiger partial charge in [-0.3, -0.25) is 4.79 Å². The molecular formula is C22H32N4O3. The molecule has 7 heteroatoms. The highest BCUT2D eigenvalue weighted by Gasteiger charge is 2.30. The summed E-state index contributed by atoms with van der Waals surface area (Å²) in [5, 5.41) is 3.92.